The van der Waals surface area contributed by atoms with Crippen molar-refractivity contribution in [2.45, 2.75) is 6.54 Å². The minimum Gasteiger partial charge on any atom is -0.449 e. The van der Waals surface area contributed by atoms with Crippen LogP contribution in [0.15, 0.2) is 78.7 Å². The lowest BCUT2D eigenvalue weighted by Crippen LogP contribution is -2.23. The zero-order valence-electron chi connectivity index (χ0n) is 16.3. The van der Waals surface area contributed by atoms with Crippen LogP contribution in [-0.2, 0) is 16.1 Å². The number of carbonyl (C=O) groups is 2. The Labute approximate surface area is 184 Å². The molecule has 2 heterocycles. The summed E-state index contributed by atoms with van der Waals surface area (Å²) >= 11 is 5.75. The molecule has 154 valence electrons. The number of halogens is 1. The number of amides is 2. The molecule has 6 nitrogen and oxygen atoms in total. The molecule has 0 bridgehead atoms. The van der Waals surface area contributed by atoms with Crippen molar-refractivity contribution < 1.29 is 14.3 Å². The van der Waals surface area contributed by atoms with Crippen LogP contribution in [0.4, 0.5) is 5.69 Å². The second-order valence-electron chi connectivity index (χ2n) is 6.77. The van der Waals surface area contributed by atoms with Gasteiger partial charge < -0.3 is 15.4 Å². The molecule has 0 saturated carbocycles. The van der Waals surface area contributed by atoms with Gasteiger partial charge in [0.05, 0.1) is 5.69 Å². The van der Waals surface area contributed by atoms with Gasteiger partial charge in [-0.05, 0) is 53.1 Å². The van der Waals surface area contributed by atoms with E-state index in [1.165, 1.54) is 6.08 Å². The highest BCUT2D eigenvalue weighted by atomic mass is 35.5. The van der Waals surface area contributed by atoms with Crippen molar-refractivity contribution in [3.05, 3.63) is 101 Å². The van der Waals surface area contributed by atoms with Crippen molar-refractivity contribution in [2.75, 3.05) is 5.32 Å². The molecule has 2 amide bonds. The largest absolute Gasteiger partial charge is 0.449 e. The number of pyridine rings is 1. The van der Waals surface area contributed by atoms with Gasteiger partial charge in [-0.1, -0.05) is 48.0 Å². The number of hydrogen-bond donors (Lipinski definition) is 2. The predicted molar refractivity (Wildman–Crippen MR) is 120 cm³/mol. The van der Waals surface area contributed by atoms with E-state index >= 15 is 0 Å². The summed E-state index contributed by atoms with van der Waals surface area (Å²) in [5, 5.41) is 6.00. The van der Waals surface area contributed by atoms with Crippen molar-refractivity contribution in [1.82, 2.24) is 10.3 Å². The van der Waals surface area contributed by atoms with Crippen LogP contribution in [0.25, 0.3) is 12.2 Å². The lowest BCUT2D eigenvalue weighted by atomic mass is 10.1. The summed E-state index contributed by atoms with van der Waals surface area (Å²) in [6.45, 7) is 0.355. The molecule has 0 spiro atoms. The van der Waals surface area contributed by atoms with Crippen LogP contribution in [0.3, 0.4) is 0 Å². The first-order valence-corrected chi connectivity index (χ1v) is 9.91. The average molecular weight is 432 g/mol. The number of aromatic nitrogens is 1. The third-order valence-corrected chi connectivity index (χ3v) is 4.69. The van der Waals surface area contributed by atoms with Crippen LogP contribution in [0.2, 0.25) is 5.15 Å². The van der Waals surface area contributed by atoms with Gasteiger partial charge in [-0.25, -0.2) is 4.98 Å². The maximum Gasteiger partial charge on any atom is 0.291 e. The molecule has 0 radical (unpaired) electrons. The van der Waals surface area contributed by atoms with Crippen LogP contribution in [-0.4, -0.2) is 16.8 Å². The van der Waals surface area contributed by atoms with E-state index < -0.39 is 0 Å². The summed E-state index contributed by atoms with van der Waals surface area (Å²) in [6, 6.07) is 18.1. The lowest BCUT2D eigenvalue weighted by Gasteiger charge is -2.19. The molecule has 0 aliphatic carbocycles. The first kappa shape index (κ1) is 20.4. The molecule has 0 unspecified atom stereocenters. The number of nitrogens with one attached hydrogen (secondary N) is 2. The van der Waals surface area contributed by atoms with Crippen LogP contribution >= 0.6 is 11.6 Å². The Hall–Kier alpha value is -3.90. The van der Waals surface area contributed by atoms with E-state index in [0.29, 0.717) is 23.1 Å². The van der Waals surface area contributed by atoms with Crippen molar-refractivity contribution in [2.24, 2.45) is 0 Å². The Kier molecular flexibility index (Phi) is 6.10. The van der Waals surface area contributed by atoms with Crippen LogP contribution in [0.1, 0.15) is 16.7 Å². The summed E-state index contributed by atoms with van der Waals surface area (Å²) in [7, 11) is 0. The molecular weight excluding hydrogens is 414 g/mol. The van der Waals surface area contributed by atoms with E-state index in [1.54, 1.807) is 42.6 Å². The molecular formula is C24H18ClN3O3. The minimum atomic E-state index is -0.310. The number of ether oxygens (including phenoxy) is 1. The number of hydrogen-bond acceptors (Lipinski definition) is 4. The highest BCUT2D eigenvalue weighted by Gasteiger charge is 2.21. The summed E-state index contributed by atoms with van der Waals surface area (Å²) < 4.78 is 5.72. The normalized spacial score (nSPS) is 14.1. The van der Waals surface area contributed by atoms with Gasteiger partial charge in [0.25, 0.3) is 5.91 Å². The third-order valence-electron chi connectivity index (χ3n) is 4.47. The molecule has 0 fully saturated rings. The standard InChI is InChI=1S/C24H18ClN3O3/c25-22-10-8-18(14-26-22)15-27-23(29)11-9-16-4-3-5-17(12-16)13-21-24(30)28-19-6-1-2-7-20(19)31-21/h1-14H,15H2,(H,27,29)(H,28,30)/b11-9+,21-13-. The van der Waals surface area contributed by atoms with Gasteiger partial charge in [-0.15, -0.1) is 0 Å². The molecule has 2 N–H and O–H groups in total. The Bertz CT molecular complexity index is 1190. The summed E-state index contributed by atoms with van der Waals surface area (Å²) in [6.07, 6.45) is 6.44. The predicted octanol–water partition coefficient (Wildman–Crippen LogP) is 4.44. The van der Waals surface area contributed by atoms with Gasteiger partial charge in [0.2, 0.25) is 5.91 Å². The van der Waals surface area contributed by atoms with E-state index in [2.05, 4.69) is 15.6 Å². The first-order chi connectivity index (χ1) is 15.1. The Morgan fingerprint density at radius 2 is 1.94 bits per heavy atom. The summed E-state index contributed by atoms with van der Waals surface area (Å²) in [5.74, 6) is 0.257. The van der Waals surface area contributed by atoms with Gasteiger partial charge >= 0.3 is 0 Å². The molecule has 3 aromatic rings. The monoisotopic (exact) mass is 431 g/mol. The maximum absolute atomic E-state index is 12.3. The molecule has 1 aliphatic rings. The van der Waals surface area contributed by atoms with E-state index in [-0.39, 0.29) is 17.6 Å². The van der Waals surface area contributed by atoms with Crippen LogP contribution in [0, 0.1) is 0 Å². The fourth-order valence-corrected chi connectivity index (χ4v) is 3.05. The van der Waals surface area contributed by atoms with Gasteiger partial charge in [0, 0.05) is 18.8 Å². The van der Waals surface area contributed by atoms with Crippen molar-refractivity contribution >= 4 is 41.3 Å². The van der Waals surface area contributed by atoms with Gasteiger partial charge in [-0.2, -0.15) is 0 Å². The van der Waals surface area contributed by atoms with Crippen molar-refractivity contribution in [1.29, 1.82) is 0 Å². The third kappa shape index (κ3) is 5.38. The second-order valence-corrected chi connectivity index (χ2v) is 7.16. The van der Waals surface area contributed by atoms with Crippen molar-refractivity contribution in [3.8, 4) is 5.75 Å². The first-order valence-electron chi connectivity index (χ1n) is 9.53. The molecule has 31 heavy (non-hydrogen) atoms. The van der Waals surface area contributed by atoms with E-state index in [4.69, 9.17) is 16.3 Å². The van der Waals surface area contributed by atoms with Gasteiger partial charge in [0.15, 0.2) is 11.5 Å². The minimum absolute atomic E-state index is 0.203. The number of fused-ring (bicyclic) bond motifs is 1. The highest BCUT2D eigenvalue weighted by molar-refractivity contribution is 6.29. The molecule has 0 atom stereocenters. The van der Waals surface area contributed by atoms with E-state index in [0.717, 1.165) is 16.7 Å². The fraction of sp³-hybridized carbons (Fsp3) is 0.0417. The van der Waals surface area contributed by atoms with Crippen molar-refractivity contribution in [3.63, 3.8) is 0 Å². The summed E-state index contributed by atoms with van der Waals surface area (Å²) in [4.78, 5) is 28.4. The number of nitrogens with zero attached hydrogens (tertiary/aromatic N) is 1. The van der Waals surface area contributed by atoms with Gasteiger partial charge in [0.1, 0.15) is 5.15 Å². The molecule has 7 heteroatoms. The molecule has 0 saturated heterocycles. The SMILES string of the molecule is O=C(/C=C/c1cccc(/C=C2\Oc3ccccc3NC2=O)c1)NCc1ccc(Cl)nc1. The average Bonchev–Trinajstić information content (AvgIpc) is 2.78. The topological polar surface area (TPSA) is 80.3 Å². The second kappa shape index (κ2) is 9.28. The number of carbonyl (C=O) groups excluding carboxylic acids is 2. The van der Waals surface area contributed by atoms with Gasteiger partial charge in [-0.3, -0.25) is 9.59 Å². The molecule has 4 rings (SSSR count). The summed E-state index contributed by atoms with van der Waals surface area (Å²) in [5.41, 5.74) is 3.09. The zero-order valence-corrected chi connectivity index (χ0v) is 17.1. The number of benzene rings is 2. The number of rotatable bonds is 5. The maximum atomic E-state index is 12.3. The fourth-order valence-electron chi connectivity index (χ4n) is 2.94. The van der Waals surface area contributed by atoms with E-state index in [9.17, 15) is 9.59 Å². The Balaban J connectivity index is 1.41. The van der Waals surface area contributed by atoms with E-state index in [1.807, 2.05) is 36.4 Å². The lowest BCUT2D eigenvalue weighted by molar-refractivity contribution is -0.116. The molecule has 1 aliphatic heterocycles. The Morgan fingerprint density at radius 3 is 2.77 bits per heavy atom. The smallest absolute Gasteiger partial charge is 0.291 e. The molecule has 2 aromatic carbocycles. The molecule has 1 aromatic heterocycles. The van der Waals surface area contributed by atoms with Crippen LogP contribution < -0.4 is 15.4 Å². The Morgan fingerprint density at radius 1 is 1.10 bits per heavy atom. The number of anilines is 1. The van der Waals surface area contributed by atoms with Crippen LogP contribution in [0.5, 0.6) is 5.75 Å². The number of para-hydroxylation sites is 2. The highest BCUT2D eigenvalue weighted by Crippen LogP contribution is 2.30. The zero-order chi connectivity index (χ0) is 21.6. The quantitative estimate of drug-likeness (QED) is 0.462.